The minimum Gasteiger partial charge on any atom is -0.383 e. The summed E-state index contributed by atoms with van der Waals surface area (Å²) in [6, 6.07) is 0. The summed E-state index contributed by atoms with van der Waals surface area (Å²) < 4.78 is 5.31. The molecule has 1 saturated carbocycles. The molecule has 3 aliphatic rings. The van der Waals surface area contributed by atoms with Crippen molar-refractivity contribution in [3.63, 3.8) is 0 Å². The summed E-state index contributed by atoms with van der Waals surface area (Å²) in [7, 11) is 1.79. The molecular formula is C20H36N2O2. The van der Waals surface area contributed by atoms with Crippen LogP contribution in [0, 0.1) is 11.8 Å². The number of methoxy groups -OCH3 is 1. The number of ether oxygens (including phenoxy) is 1. The van der Waals surface area contributed by atoms with Gasteiger partial charge in [-0.25, -0.2) is 0 Å². The molecule has 2 heterocycles. The van der Waals surface area contributed by atoms with Gasteiger partial charge in [0.2, 0.25) is 5.91 Å². The largest absolute Gasteiger partial charge is 0.383 e. The highest BCUT2D eigenvalue weighted by Crippen LogP contribution is 2.39. The molecular weight excluding hydrogens is 300 g/mol. The van der Waals surface area contributed by atoms with Gasteiger partial charge in [0.1, 0.15) is 0 Å². The average Bonchev–Trinajstić information content (AvgIpc) is 2.85. The number of rotatable bonds is 4. The summed E-state index contributed by atoms with van der Waals surface area (Å²) in [4.78, 5) is 17.8. The number of nitrogens with zero attached hydrogens (tertiary/aromatic N) is 2. The zero-order valence-corrected chi connectivity index (χ0v) is 15.8. The van der Waals surface area contributed by atoms with E-state index in [1.54, 1.807) is 7.11 Å². The van der Waals surface area contributed by atoms with Crippen LogP contribution in [-0.2, 0) is 9.53 Å². The van der Waals surface area contributed by atoms with Gasteiger partial charge in [-0.1, -0.05) is 6.92 Å². The van der Waals surface area contributed by atoms with Crippen LogP contribution in [0.2, 0.25) is 0 Å². The van der Waals surface area contributed by atoms with E-state index in [-0.39, 0.29) is 0 Å². The van der Waals surface area contributed by atoms with Crippen molar-refractivity contribution >= 4 is 5.91 Å². The molecule has 2 saturated heterocycles. The van der Waals surface area contributed by atoms with E-state index in [1.165, 1.54) is 45.1 Å². The lowest BCUT2D eigenvalue weighted by atomic mass is 9.82. The van der Waals surface area contributed by atoms with Crippen molar-refractivity contribution in [2.45, 2.75) is 70.3 Å². The third kappa shape index (κ3) is 3.96. The monoisotopic (exact) mass is 336 g/mol. The maximum atomic E-state index is 13.0. The topological polar surface area (TPSA) is 32.8 Å². The fourth-order valence-corrected chi connectivity index (χ4v) is 5.28. The minimum absolute atomic E-state index is 0.309. The molecule has 1 atom stereocenters. The molecule has 0 aromatic rings. The van der Waals surface area contributed by atoms with Gasteiger partial charge < -0.3 is 9.64 Å². The first-order valence-electron chi connectivity index (χ1n) is 10.2. The van der Waals surface area contributed by atoms with E-state index in [2.05, 4.69) is 16.7 Å². The first-order chi connectivity index (χ1) is 11.6. The predicted molar refractivity (Wildman–Crippen MR) is 97.0 cm³/mol. The maximum Gasteiger partial charge on any atom is 0.225 e. The Bertz CT molecular complexity index is 420. The van der Waals surface area contributed by atoms with Crippen molar-refractivity contribution in [3.8, 4) is 0 Å². The summed E-state index contributed by atoms with van der Waals surface area (Å²) in [5.41, 5.74) is 0.342. The van der Waals surface area contributed by atoms with Crippen LogP contribution < -0.4 is 0 Å². The molecule has 1 unspecified atom stereocenters. The fraction of sp³-hybridized carbons (Fsp3) is 0.950. The number of carbonyl (C=O) groups excluding carboxylic acids is 1. The van der Waals surface area contributed by atoms with Crippen LogP contribution >= 0.6 is 0 Å². The van der Waals surface area contributed by atoms with E-state index in [4.69, 9.17) is 4.74 Å². The smallest absolute Gasteiger partial charge is 0.225 e. The highest BCUT2D eigenvalue weighted by atomic mass is 16.5. The Balaban J connectivity index is 1.57. The zero-order valence-electron chi connectivity index (χ0n) is 15.8. The van der Waals surface area contributed by atoms with E-state index in [0.29, 0.717) is 17.4 Å². The molecule has 1 amide bonds. The van der Waals surface area contributed by atoms with E-state index in [1.807, 2.05) is 0 Å². The van der Waals surface area contributed by atoms with Crippen LogP contribution in [0.5, 0.6) is 0 Å². The first kappa shape index (κ1) is 18.2. The van der Waals surface area contributed by atoms with Gasteiger partial charge >= 0.3 is 0 Å². The van der Waals surface area contributed by atoms with Crippen molar-refractivity contribution in [2.75, 3.05) is 39.9 Å². The summed E-state index contributed by atoms with van der Waals surface area (Å²) in [5, 5.41) is 0. The molecule has 0 aromatic carbocycles. The first-order valence-corrected chi connectivity index (χ1v) is 10.2. The Morgan fingerprint density at radius 2 is 1.75 bits per heavy atom. The van der Waals surface area contributed by atoms with Crippen molar-refractivity contribution in [1.29, 1.82) is 0 Å². The second kappa shape index (κ2) is 8.18. The molecule has 1 spiro atoms. The Labute approximate surface area is 147 Å². The molecule has 4 nitrogen and oxygen atoms in total. The second-order valence-electron chi connectivity index (χ2n) is 8.44. The zero-order chi connectivity index (χ0) is 17.0. The Morgan fingerprint density at radius 3 is 2.46 bits per heavy atom. The maximum absolute atomic E-state index is 13.0. The van der Waals surface area contributed by atoms with E-state index in [0.717, 1.165) is 51.4 Å². The SMILES string of the molecule is COCCN1CCCC12CCCN(C(=O)C1CCC(C)CC1)CC2. The molecule has 0 radical (unpaired) electrons. The Morgan fingerprint density at radius 1 is 1.04 bits per heavy atom. The third-order valence-electron chi connectivity index (χ3n) is 6.90. The molecule has 0 bridgehead atoms. The number of amides is 1. The quantitative estimate of drug-likeness (QED) is 0.789. The van der Waals surface area contributed by atoms with E-state index < -0.39 is 0 Å². The van der Waals surface area contributed by atoms with Gasteiger partial charge in [0.15, 0.2) is 0 Å². The number of hydrogen-bond donors (Lipinski definition) is 0. The van der Waals surface area contributed by atoms with Crippen molar-refractivity contribution in [1.82, 2.24) is 9.80 Å². The van der Waals surface area contributed by atoms with E-state index in [9.17, 15) is 4.79 Å². The molecule has 4 heteroatoms. The second-order valence-corrected chi connectivity index (χ2v) is 8.44. The fourth-order valence-electron chi connectivity index (χ4n) is 5.28. The predicted octanol–water partition coefficient (Wildman–Crippen LogP) is 3.31. The summed E-state index contributed by atoms with van der Waals surface area (Å²) >= 11 is 0. The van der Waals surface area contributed by atoms with Crippen LogP contribution in [0.4, 0.5) is 0 Å². The van der Waals surface area contributed by atoms with Crippen LogP contribution in [0.25, 0.3) is 0 Å². The van der Waals surface area contributed by atoms with Crippen molar-refractivity contribution in [3.05, 3.63) is 0 Å². The van der Waals surface area contributed by atoms with Crippen molar-refractivity contribution < 1.29 is 9.53 Å². The normalized spacial score (nSPS) is 35.3. The summed E-state index contributed by atoms with van der Waals surface area (Å²) in [6.45, 7) is 7.34. The van der Waals surface area contributed by atoms with Gasteiger partial charge in [-0.2, -0.15) is 0 Å². The van der Waals surface area contributed by atoms with Crippen molar-refractivity contribution in [2.24, 2.45) is 11.8 Å². The summed E-state index contributed by atoms with van der Waals surface area (Å²) in [5.74, 6) is 1.58. The van der Waals surface area contributed by atoms with E-state index >= 15 is 0 Å². The van der Waals surface area contributed by atoms with Gasteiger partial charge in [0.25, 0.3) is 0 Å². The molecule has 0 N–H and O–H groups in total. The van der Waals surface area contributed by atoms with Gasteiger partial charge in [0, 0.05) is 38.2 Å². The molecule has 138 valence electrons. The number of likely N-dealkylation sites (tertiary alicyclic amines) is 2. The Kier molecular flexibility index (Phi) is 6.20. The minimum atomic E-state index is 0.309. The molecule has 3 fully saturated rings. The highest BCUT2D eigenvalue weighted by Gasteiger charge is 2.42. The standard InChI is InChI=1S/C20H36N2O2/c1-17-5-7-18(8-6-17)19(23)21-12-3-9-20(11-14-21)10-4-13-22(20)15-16-24-2/h17-18H,3-16H2,1-2H3. The third-order valence-corrected chi connectivity index (χ3v) is 6.90. The lowest BCUT2D eigenvalue weighted by Gasteiger charge is -2.38. The van der Waals surface area contributed by atoms with Crippen LogP contribution in [-0.4, -0.2) is 61.1 Å². The number of carbonyl (C=O) groups is 1. The van der Waals surface area contributed by atoms with Crippen LogP contribution in [0.1, 0.15) is 64.7 Å². The van der Waals surface area contributed by atoms with Gasteiger partial charge in [0.05, 0.1) is 6.61 Å². The average molecular weight is 337 g/mol. The van der Waals surface area contributed by atoms with Gasteiger partial charge in [-0.05, 0) is 70.3 Å². The van der Waals surface area contributed by atoms with Gasteiger partial charge in [-0.15, -0.1) is 0 Å². The molecule has 24 heavy (non-hydrogen) atoms. The van der Waals surface area contributed by atoms with Crippen LogP contribution in [0.3, 0.4) is 0 Å². The Hall–Kier alpha value is -0.610. The van der Waals surface area contributed by atoms with Gasteiger partial charge in [-0.3, -0.25) is 9.69 Å². The lowest BCUT2D eigenvalue weighted by Crippen LogP contribution is -2.46. The molecule has 0 aromatic heterocycles. The molecule has 1 aliphatic carbocycles. The lowest BCUT2D eigenvalue weighted by molar-refractivity contribution is -0.136. The van der Waals surface area contributed by atoms with Crippen LogP contribution in [0.15, 0.2) is 0 Å². The summed E-state index contributed by atoms with van der Waals surface area (Å²) in [6.07, 6.45) is 10.9. The molecule has 3 rings (SSSR count). The number of hydrogen-bond acceptors (Lipinski definition) is 3. The molecule has 2 aliphatic heterocycles. The highest BCUT2D eigenvalue weighted by molar-refractivity contribution is 5.79.